The number of nitrogens with zero attached hydrogens (tertiary/aromatic N) is 1. The summed E-state index contributed by atoms with van der Waals surface area (Å²) in [6.45, 7) is 1.42. The minimum atomic E-state index is -1.60. The van der Waals surface area contributed by atoms with Gasteiger partial charge in [0.15, 0.2) is 6.17 Å². The van der Waals surface area contributed by atoms with Crippen LogP contribution in [-0.2, 0) is 9.59 Å². The largest absolute Gasteiger partial charge is 1.00 e. The fraction of sp³-hybridized carbons (Fsp3) is 0.800. The summed E-state index contributed by atoms with van der Waals surface area (Å²) in [5, 5.41) is 10.2. The molecule has 0 aromatic carbocycles. The molecule has 0 heterocycles. The Balaban J connectivity index is 0. The molecule has 0 bridgehead atoms. The van der Waals surface area contributed by atoms with Crippen LogP contribution in [0.25, 0.3) is 0 Å². The standard InChI is InChI=1S/C10H18FNO3.Na/c1-3-4-5-6-8(11)10(15)12(2)7-9(13)14;/h8H,3-7H2,1-2H3,(H,13,14);/q;+1/p-1. The van der Waals surface area contributed by atoms with E-state index in [0.29, 0.717) is 6.42 Å². The van der Waals surface area contributed by atoms with Crippen LogP contribution in [0.3, 0.4) is 0 Å². The van der Waals surface area contributed by atoms with Crippen LogP contribution in [0.5, 0.6) is 0 Å². The van der Waals surface area contributed by atoms with Crippen LogP contribution in [-0.4, -0.2) is 36.5 Å². The number of amides is 1. The number of carbonyl (C=O) groups is 2. The summed E-state index contributed by atoms with van der Waals surface area (Å²) in [6, 6.07) is 0. The Morgan fingerprint density at radius 3 is 2.38 bits per heavy atom. The summed E-state index contributed by atoms with van der Waals surface area (Å²) >= 11 is 0. The first kappa shape index (κ1) is 18.2. The zero-order valence-electron chi connectivity index (χ0n) is 10.2. The average Bonchev–Trinajstić information content (AvgIpc) is 2.15. The summed E-state index contributed by atoms with van der Waals surface area (Å²) in [5.41, 5.74) is 0. The predicted molar refractivity (Wildman–Crippen MR) is 51.7 cm³/mol. The second-order valence-electron chi connectivity index (χ2n) is 3.53. The third kappa shape index (κ3) is 8.07. The van der Waals surface area contributed by atoms with E-state index in [2.05, 4.69) is 0 Å². The molecule has 1 atom stereocenters. The first-order valence-corrected chi connectivity index (χ1v) is 5.08. The van der Waals surface area contributed by atoms with Crippen molar-refractivity contribution in [2.24, 2.45) is 0 Å². The molecular weight excluding hydrogens is 224 g/mol. The first-order valence-electron chi connectivity index (χ1n) is 5.08. The molecule has 0 saturated heterocycles. The Kier molecular flexibility index (Phi) is 11.5. The zero-order valence-corrected chi connectivity index (χ0v) is 12.2. The van der Waals surface area contributed by atoms with Crippen molar-refractivity contribution in [3.63, 3.8) is 0 Å². The Bertz CT molecular complexity index is 226. The summed E-state index contributed by atoms with van der Waals surface area (Å²) in [7, 11) is 1.25. The molecule has 1 amide bonds. The van der Waals surface area contributed by atoms with Gasteiger partial charge in [0, 0.05) is 7.05 Å². The van der Waals surface area contributed by atoms with Crippen molar-refractivity contribution in [3.8, 4) is 0 Å². The van der Waals surface area contributed by atoms with E-state index in [1.165, 1.54) is 7.05 Å². The van der Waals surface area contributed by atoms with E-state index in [4.69, 9.17) is 0 Å². The van der Waals surface area contributed by atoms with Gasteiger partial charge in [-0.05, 0) is 6.42 Å². The maximum absolute atomic E-state index is 13.2. The molecule has 0 aromatic rings. The van der Waals surface area contributed by atoms with Crippen molar-refractivity contribution in [1.29, 1.82) is 0 Å². The SMILES string of the molecule is CCCCCC(F)C(=O)N(C)CC(=O)[O-].[Na+]. The number of rotatable bonds is 7. The minimum Gasteiger partial charge on any atom is -0.548 e. The summed E-state index contributed by atoms with van der Waals surface area (Å²) in [4.78, 5) is 22.2. The Hall–Kier alpha value is -0.130. The van der Waals surface area contributed by atoms with Crippen LogP contribution in [0.1, 0.15) is 32.6 Å². The van der Waals surface area contributed by atoms with E-state index >= 15 is 0 Å². The van der Waals surface area contributed by atoms with Gasteiger partial charge in [-0.2, -0.15) is 0 Å². The van der Waals surface area contributed by atoms with Crippen LogP contribution >= 0.6 is 0 Å². The summed E-state index contributed by atoms with van der Waals surface area (Å²) in [5.74, 6) is -2.16. The van der Waals surface area contributed by atoms with Crippen molar-refractivity contribution in [3.05, 3.63) is 0 Å². The van der Waals surface area contributed by atoms with Gasteiger partial charge in [-0.3, -0.25) is 4.79 Å². The van der Waals surface area contributed by atoms with E-state index in [0.717, 1.165) is 17.7 Å². The van der Waals surface area contributed by atoms with Crippen LogP contribution < -0.4 is 34.7 Å². The van der Waals surface area contributed by atoms with Gasteiger partial charge in [-0.25, -0.2) is 4.39 Å². The predicted octanol–water partition coefficient (Wildman–Crippen LogP) is -2.88. The van der Waals surface area contributed by atoms with Crippen LogP contribution in [0, 0.1) is 0 Å². The molecule has 0 rings (SSSR count). The van der Waals surface area contributed by atoms with Crippen LogP contribution in [0.2, 0.25) is 0 Å². The monoisotopic (exact) mass is 241 g/mol. The number of aliphatic carboxylic acids is 1. The molecule has 0 saturated carbocycles. The molecule has 0 aliphatic heterocycles. The molecule has 0 aromatic heterocycles. The molecule has 0 spiro atoms. The van der Waals surface area contributed by atoms with Gasteiger partial charge in [-0.1, -0.05) is 26.2 Å². The molecule has 0 aliphatic rings. The van der Waals surface area contributed by atoms with E-state index in [-0.39, 0.29) is 36.0 Å². The van der Waals surface area contributed by atoms with Crippen LogP contribution in [0.4, 0.5) is 4.39 Å². The topological polar surface area (TPSA) is 60.4 Å². The fourth-order valence-corrected chi connectivity index (χ4v) is 1.21. The number of halogens is 1. The van der Waals surface area contributed by atoms with Gasteiger partial charge in [-0.15, -0.1) is 0 Å². The molecule has 1 unspecified atom stereocenters. The normalized spacial score (nSPS) is 11.4. The molecule has 88 valence electrons. The number of alkyl halides is 1. The van der Waals surface area contributed by atoms with Gasteiger partial charge in [0.25, 0.3) is 5.91 Å². The molecular formula is C10H17FNNaO3. The van der Waals surface area contributed by atoms with Gasteiger partial charge >= 0.3 is 29.6 Å². The Morgan fingerprint density at radius 1 is 1.38 bits per heavy atom. The Labute approximate surface area is 117 Å². The van der Waals surface area contributed by atoms with Gasteiger partial charge < -0.3 is 14.8 Å². The van der Waals surface area contributed by atoms with Gasteiger partial charge in [0.2, 0.25) is 0 Å². The van der Waals surface area contributed by atoms with Crippen molar-refractivity contribution >= 4 is 11.9 Å². The maximum atomic E-state index is 13.2. The molecule has 4 nitrogen and oxygen atoms in total. The number of likely N-dealkylation sites (N-methyl/N-ethyl adjacent to an activating group) is 1. The molecule has 16 heavy (non-hydrogen) atoms. The summed E-state index contributed by atoms with van der Waals surface area (Å²) < 4.78 is 13.2. The first-order chi connectivity index (χ1) is 6.99. The molecule has 6 heteroatoms. The van der Waals surface area contributed by atoms with E-state index < -0.39 is 24.6 Å². The van der Waals surface area contributed by atoms with E-state index in [9.17, 15) is 19.1 Å². The van der Waals surface area contributed by atoms with E-state index in [1.54, 1.807) is 0 Å². The quantitative estimate of drug-likeness (QED) is 0.355. The Morgan fingerprint density at radius 2 is 1.94 bits per heavy atom. The van der Waals surface area contributed by atoms with Gasteiger partial charge in [0.1, 0.15) is 0 Å². The maximum Gasteiger partial charge on any atom is 1.00 e. The zero-order chi connectivity index (χ0) is 11.8. The second-order valence-corrected chi connectivity index (χ2v) is 3.53. The molecule has 0 fully saturated rings. The second kappa shape index (κ2) is 10.1. The number of carboxylic acids is 1. The number of carbonyl (C=O) groups excluding carboxylic acids is 2. The van der Waals surface area contributed by atoms with Crippen molar-refractivity contribution in [1.82, 2.24) is 4.90 Å². The third-order valence-corrected chi connectivity index (χ3v) is 2.07. The molecule has 0 N–H and O–H groups in total. The summed E-state index contributed by atoms with van der Waals surface area (Å²) in [6.07, 6.45) is 1.03. The number of unbranched alkanes of at least 4 members (excludes halogenated alkanes) is 2. The van der Waals surface area contributed by atoms with Crippen molar-refractivity contribution < 1.29 is 48.6 Å². The third-order valence-electron chi connectivity index (χ3n) is 2.07. The molecule has 0 aliphatic carbocycles. The minimum absolute atomic E-state index is 0. The van der Waals surface area contributed by atoms with Gasteiger partial charge in [0.05, 0.1) is 12.5 Å². The number of carboxylic acid groups (broad SMARTS) is 1. The van der Waals surface area contributed by atoms with Crippen molar-refractivity contribution in [2.45, 2.75) is 38.8 Å². The average molecular weight is 241 g/mol. The molecule has 0 radical (unpaired) electrons. The van der Waals surface area contributed by atoms with E-state index in [1.807, 2.05) is 6.92 Å². The number of hydrogen-bond donors (Lipinski definition) is 0. The van der Waals surface area contributed by atoms with Crippen molar-refractivity contribution in [2.75, 3.05) is 13.6 Å². The van der Waals surface area contributed by atoms with Crippen LogP contribution in [0.15, 0.2) is 0 Å². The fourth-order valence-electron chi connectivity index (χ4n) is 1.21. The number of hydrogen-bond acceptors (Lipinski definition) is 3. The smallest absolute Gasteiger partial charge is 0.548 e.